The molecule has 1 heterocycles. The summed E-state index contributed by atoms with van der Waals surface area (Å²) in [5, 5.41) is 0. The molecular formula is C17H21NO3S2. The Hall–Kier alpha value is -1.27. The lowest BCUT2D eigenvalue weighted by Crippen LogP contribution is -2.63. The maximum Gasteiger partial charge on any atom is 0.248 e. The van der Waals surface area contributed by atoms with Crippen LogP contribution >= 0.6 is 23.5 Å². The van der Waals surface area contributed by atoms with Gasteiger partial charge in [-0.05, 0) is 24.5 Å². The fourth-order valence-electron chi connectivity index (χ4n) is 3.12. The van der Waals surface area contributed by atoms with E-state index in [-0.39, 0.29) is 23.5 Å². The molecule has 2 amide bonds. The van der Waals surface area contributed by atoms with Crippen molar-refractivity contribution in [2.24, 2.45) is 5.92 Å². The van der Waals surface area contributed by atoms with Crippen LogP contribution in [0.15, 0.2) is 30.3 Å². The Morgan fingerprint density at radius 3 is 2.26 bits per heavy atom. The number of hydrogen-bond acceptors (Lipinski definition) is 5. The van der Waals surface area contributed by atoms with Gasteiger partial charge in [0, 0.05) is 5.75 Å². The number of carbonyl (C=O) groups is 3. The molecule has 23 heavy (non-hydrogen) atoms. The zero-order valence-electron chi connectivity index (χ0n) is 13.6. The topological polar surface area (TPSA) is 54.5 Å². The molecule has 2 unspecified atom stereocenters. The van der Waals surface area contributed by atoms with E-state index < -0.39 is 11.3 Å². The molecule has 0 saturated carbocycles. The van der Waals surface area contributed by atoms with Crippen molar-refractivity contribution in [1.82, 2.24) is 4.90 Å². The first-order chi connectivity index (χ1) is 11.0. The number of thioether (sulfide) groups is 2. The Morgan fingerprint density at radius 2 is 1.74 bits per heavy atom. The average molecular weight is 351 g/mol. The van der Waals surface area contributed by atoms with Gasteiger partial charge in [0.15, 0.2) is 5.78 Å². The minimum atomic E-state index is -1.24. The van der Waals surface area contributed by atoms with E-state index >= 15 is 0 Å². The highest BCUT2D eigenvalue weighted by Gasteiger charge is 2.57. The van der Waals surface area contributed by atoms with Crippen LogP contribution in [0.3, 0.4) is 0 Å². The second kappa shape index (κ2) is 7.53. The van der Waals surface area contributed by atoms with Crippen molar-refractivity contribution in [2.75, 3.05) is 24.1 Å². The van der Waals surface area contributed by atoms with Gasteiger partial charge < -0.3 is 0 Å². The molecule has 124 valence electrons. The number of carbonyl (C=O) groups excluding carboxylic acids is 3. The minimum Gasteiger partial charge on any atom is -0.297 e. The average Bonchev–Trinajstić information content (AvgIpc) is 2.57. The number of imide groups is 1. The molecule has 0 N–H and O–H groups in total. The molecule has 1 aliphatic rings. The van der Waals surface area contributed by atoms with Gasteiger partial charge in [0.05, 0.1) is 5.88 Å². The van der Waals surface area contributed by atoms with Crippen LogP contribution in [0.5, 0.6) is 0 Å². The van der Waals surface area contributed by atoms with E-state index in [2.05, 4.69) is 0 Å². The number of nitrogens with zero attached hydrogens (tertiary/aromatic N) is 1. The number of rotatable bonds is 6. The molecule has 1 aromatic rings. The fourth-order valence-corrected chi connectivity index (χ4v) is 4.25. The SMILES string of the molecule is CCC1(c2ccccc2)C(=O)C(CSC)C(=O)N(CSC)C1=O. The molecule has 0 radical (unpaired) electrons. The van der Waals surface area contributed by atoms with E-state index in [1.54, 1.807) is 0 Å². The van der Waals surface area contributed by atoms with Crippen LogP contribution in [0, 0.1) is 5.92 Å². The van der Waals surface area contributed by atoms with Crippen molar-refractivity contribution in [3.05, 3.63) is 35.9 Å². The van der Waals surface area contributed by atoms with Crippen LogP contribution in [0.4, 0.5) is 0 Å². The number of Topliss-reactive ketones (excluding diaryl/α,β-unsaturated/α-hetero) is 1. The first kappa shape index (κ1) is 18.1. The molecule has 0 spiro atoms. The summed E-state index contributed by atoms with van der Waals surface area (Å²) in [6.45, 7) is 1.84. The summed E-state index contributed by atoms with van der Waals surface area (Å²) in [6, 6.07) is 9.12. The Labute approximate surface area is 145 Å². The van der Waals surface area contributed by atoms with Crippen LogP contribution in [0.1, 0.15) is 18.9 Å². The van der Waals surface area contributed by atoms with Gasteiger partial charge in [-0.3, -0.25) is 19.3 Å². The Kier molecular flexibility index (Phi) is 5.92. The standard InChI is InChI=1S/C17H21NO3S2/c1-4-17(12-8-6-5-7-9-12)14(19)13(10-22-2)15(20)18(11-23-3)16(17)21/h5-9,13H,4,10-11H2,1-3H3. The van der Waals surface area contributed by atoms with Gasteiger partial charge in [0.2, 0.25) is 11.8 Å². The number of likely N-dealkylation sites (tertiary alicyclic amines) is 1. The smallest absolute Gasteiger partial charge is 0.248 e. The summed E-state index contributed by atoms with van der Waals surface area (Å²) in [4.78, 5) is 40.1. The monoisotopic (exact) mass is 351 g/mol. The molecule has 4 nitrogen and oxygen atoms in total. The van der Waals surface area contributed by atoms with Crippen molar-refractivity contribution in [1.29, 1.82) is 0 Å². The molecule has 1 saturated heterocycles. The highest BCUT2D eigenvalue weighted by atomic mass is 32.2. The third-order valence-corrected chi connectivity index (χ3v) is 5.48. The van der Waals surface area contributed by atoms with Crippen LogP contribution in [0.25, 0.3) is 0 Å². The van der Waals surface area contributed by atoms with E-state index in [4.69, 9.17) is 0 Å². The molecule has 1 aromatic carbocycles. The second-order valence-corrected chi connectivity index (χ2v) is 7.23. The third kappa shape index (κ3) is 2.94. The lowest BCUT2D eigenvalue weighted by Gasteiger charge is -2.42. The van der Waals surface area contributed by atoms with Crippen molar-refractivity contribution in [2.45, 2.75) is 18.8 Å². The Balaban J connectivity index is 2.60. The normalized spacial score (nSPS) is 25.1. The van der Waals surface area contributed by atoms with Crippen molar-refractivity contribution in [3.8, 4) is 0 Å². The van der Waals surface area contributed by atoms with E-state index in [0.29, 0.717) is 17.7 Å². The zero-order valence-corrected chi connectivity index (χ0v) is 15.2. The third-order valence-electron chi connectivity index (χ3n) is 4.30. The second-order valence-electron chi connectivity index (χ2n) is 5.49. The van der Waals surface area contributed by atoms with Crippen LogP contribution in [-0.2, 0) is 19.8 Å². The quantitative estimate of drug-likeness (QED) is 0.582. The summed E-state index contributed by atoms with van der Waals surface area (Å²) in [5.74, 6) is -1.06. The minimum absolute atomic E-state index is 0.257. The Bertz CT molecular complexity index is 575. The summed E-state index contributed by atoms with van der Waals surface area (Å²) in [5.41, 5.74) is -0.562. The highest BCUT2D eigenvalue weighted by molar-refractivity contribution is 7.98. The maximum absolute atomic E-state index is 13.2. The van der Waals surface area contributed by atoms with Crippen LogP contribution < -0.4 is 0 Å². The highest BCUT2D eigenvalue weighted by Crippen LogP contribution is 2.39. The first-order valence-electron chi connectivity index (χ1n) is 7.48. The number of hydrogen-bond donors (Lipinski definition) is 0. The Morgan fingerprint density at radius 1 is 1.09 bits per heavy atom. The molecule has 2 rings (SSSR count). The van der Waals surface area contributed by atoms with Gasteiger partial charge in [0.1, 0.15) is 11.3 Å². The molecule has 0 bridgehead atoms. The molecule has 2 atom stereocenters. The van der Waals surface area contributed by atoms with E-state index in [9.17, 15) is 14.4 Å². The predicted molar refractivity (Wildman–Crippen MR) is 95.5 cm³/mol. The molecule has 6 heteroatoms. The van der Waals surface area contributed by atoms with Crippen LogP contribution in [-0.4, -0.2) is 46.6 Å². The zero-order chi connectivity index (χ0) is 17.0. The van der Waals surface area contributed by atoms with E-state index in [1.807, 2.05) is 49.8 Å². The molecule has 0 aromatic heterocycles. The summed E-state index contributed by atoms with van der Waals surface area (Å²) >= 11 is 2.87. The van der Waals surface area contributed by atoms with E-state index in [0.717, 1.165) is 0 Å². The molecule has 0 aliphatic carbocycles. The number of amides is 2. The molecule has 1 aliphatic heterocycles. The maximum atomic E-state index is 13.2. The van der Waals surface area contributed by atoms with Crippen molar-refractivity contribution < 1.29 is 14.4 Å². The van der Waals surface area contributed by atoms with Gasteiger partial charge in [-0.25, -0.2) is 0 Å². The van der Waals surface area contributed by atoms with Gasteiger partial charge in [-0.15, -0.1) is 11.8 Å². The van der Waals surface area contributed by atoms with Crippen molar-refractivity contribution in [3.63, 3.8) is 0 Å². The van der Waals surface area contributed by atoms with Crippen LogP contribution in [0.2, 0.25) is 0 Å². The van der Waals surface area contributed by atoms with Crippen molar-refractivity contribution >= 4 is 41.1 Å². The van der Waals surface area contributed by atoms with Gasteiger partial charge in [0.25, 0.3) is 0 Å². The number of benzene rings is 1. The lowest BCUT2D eigenvalue weighted by atomic mass is 9.67. The van der Waals surface area contributed by atoms with Gasteiger partial charge in [-0.2, -0.15) is 11.8 Å². The van der Waals surface area contributed by atoms with Gasteiger partial charge in [-0.1, -0.05) is 37.3 Å². The van der Waals surface area contributed by atoms with E-state index in [1.165, 1.54) is 28.4 Å². The molecular weight excluding hydrogens is 330 g/mol. The largest absolute Gasteiger partial charge is 0.297 e. The summed E-state index contributed by atoms with van der Waals surface area (Å²) in [7, 11) is 0. The molecule has 1 fully saturated rings. The summed E-state index contributed by atoms with van der Waals surface area (Å²) < 4.78 is 0. The predicted octanol–water partition coefficient (Wildman–Crippen LogP) is 2.57. The lowest BCUT2D eigenvalue weighted by molar-refractivity contribution is -0.160. The fraction of sp³-hybridized carbons (Fsp3) is 0.471. The first-order valence-corrected chi connectivity index (χ1v) is 10.3. The number of ketones is 1. The summed E-state index contributed by atoms with van der Waals surface area (Å²) in [6.07, 6.45) is 4.07. The number of piperidine rings is 1. The van der Waals surface area contributed by atoms with Gasteiger partial charge >= 0.3 is 0 Å².